The summed E-state index contributed by atoms with van der Waals surface area (Å²) in [5.74, 6) is -1.42. The average molecular weight is 242 g/mol. The molecular formula is C11H12ClNO3. The van der Waals surface area contributed by atoms with Gasteiger partial charge in [0.25, 0.3) is 0 Å². The number of carbonyl (C=O) groups excluding carboxylic acids is 1. The summed E-state index contributed by atoms with van der Waals surface area (Å²) < 4.78 is 0. The zero-order chi connectivity index (χ0) is 12.1. The normalized spacial score (nSPS) is 11.9. The van der Waals surface area contributed by atoms with Gasteiger partial charge < -0.3 is 10.4 Å². The molecule has 2 N–H and O–H groups in total. The van der Waals surface area contributed by atoms with Crippen molar-refractivity contribution < 1.29 is 14.7 Å². The van der Waals surface area contributed by atoms with Gasteiger partial charge in [0, 0.05) is 5.02 Å². The Morgan fingerprint density at radius 1 is 1.44 bits per heavy atom. The summed E-state index contributed by atoms with van der Waals surface area (Å²) in [5, 5.41) is 11.5. The van der Waals surface area contributed by atoms with Gasteiger partial charge in [0.1, 0.15) is 6.04 Å². The molecule has 0 saturated carbocycles. The zero-order valence-electron chi connectivity index (χ0n) is 8.74. The van der Waals surface area contributed by atoms with Crippen LogP contribution >= 0.6 is 11.6 Å². The molecule has 0 heterocycles. The van der Waals surface area contributed by atoms with Crippen molar-refractivity contribution >= 4 is 23.5 Å². The van der Waals surface area contributed by atoms with Crippen LogP contribution in [0.15, 0.2) is 24.3 Å². The lowest BCUT2D eigenvalue weighted by atomic mass is 10.1. The quantitative estimate of drug-likeness (QED) is 0.839. The van der Waals surface area contributed by atoms with Gasteiger partial charge >= 0.3 is 5.97 Å². The number of nitrogens with one attached hydrogen (secondary N) is 1. The Labute approximate surface area is 98.2 Å². The van der Waals surface area contributed by atoms with Gasteiger partial charge in [-0.1, -0.05) is 29.8 Å². The van der Waals surface area contributed by atoms with E-state index in [0.717, 1.165) is 0 Å². The Balaban J connectivity index is 2.59. The topological polar surface area (TPSA) is 66.4 Å². The summed E-state index contributed by atoms with van der Waals surface area (Å²) in [5.41, 5.74) is 0.680. The third kappa shape index (κ3) is 3.55. The summed E-state index contributed by atoms with van der Waals surface area (Å²) in [6, 6.07) is 6.06. The first-order chi connectivity index (χ1) is 7.50. The first kappa shape index (κ1) is 12.5. The highest BCUT2D eigenvalue weighted by atomic mass is 35.5. The van der Waals surface area contributed by atoms with Gasteiger partial charge in [-0.3, -0.25) is 9.59 Å². The summed E-state index contributed by atoms with van der Waals surface area (Å²) in [6.07, 6.45) is 0.0806. The average Bonchev–Trinajstić information content (AvgIpc) is 2.21. The number of carboxylic acids is 1. The molecule has 0 unspecified atom stereocenters. The third-order valence-corrected chi connectivity index (χ3v) is 2.43. The summed E-state index contributed by atoms with van der Waals surface area (Å²) in [6.45, 7) is 1.41. The first-order valence-corrected chi connectivity index (χ1v) is 5.14. The van der Waals surface area contributed by atoms with Crippen molar-refractivity contribution in [2.45, 2.75) is 19.4 Å². The fraction of sp³-hybridized carbons (Fsp3) is 0.273. The standard InChI is InChI=1S/C11H12ClNO3/c1-7(11(15)16)13-10(14)6-8-4-2-3-5-9(8)12/h2-5,7H,6H2,1H3,(H,13,14)(H,15,16)/t7-/m0/s1. The lowest BCUT2D eigenvalue weighted by Crippen LogP contribution is -2.39. The maximum absolute atomic E-state index is 11.4. The zero-order valence-corrected chi connectivity index (χ0v) is 9.49. The first-order valence-electron chi connectivity index (χ1n) is 4.76. The van der Waals surface area contributed by atoms with E-state index in [1.54, 1.807) is 24.3 Å². The van der Waals surface area contributed by atoms with Gasteiger partial charge in [-0.15, -0.1) is 0 Å². The molecule has 0 aliphatic rings. The highest BCUT2D eigenvalue weighted by Gasteiger charge is 2.14. The van der Waals surface area contributed by atoms with E-state index in [0.29, 0.717) is 10.6 Å². The van der Waals surface area contributed by atoms with Crippen LogP contribution in [-0.2, 0) is 16.0 Å². The lowest BCUT2D eigenvalue weighted by molar-refractivity contribution is -0.141. The molecule has 1 amide bonds. The number of rotatable bonds is 4. The van der Waals surface area contributed by atoms with E-state index in [2.05, 4.69) is 5.32 Å². The molecule has 16 heavy (non-hydrogen) atoms. The molecule has 0 aromatic heterocycles. The number of carboxylic acid groups (broad SMARTS) is 1. The van der Waals surface area contributed by atoms with E-state index < -0.39 is 12.0 Å². The number of aliphatic carboxylic acids is 1. The van der Waals surface area contributed by atoms with E-state index in [4.69, 9.17) is 16.7 Å². The second-order valence-corrected chi connectivity index (χ2v) is 3.80. The van der Waals surface area contributed by atoms with Crippen LogP contribution in [0.25, 0.3) is 0 Å². The van der Waals surface area contributed by atoms with Crippen LogP contribution in [0.5, 0.6) is 0 Å². The molecule has 0 fully saturated rings. The predicted molar refractivity (Wildman–Crippen MR) is 60.4 cm³/mol. The highest BCUT2D eigenvalue weighted by Crippen LogP contribution is 2.15. The fourth-order valence-electron chi connectivity index (χ4n) is 1.17. The number of halogens is 1. The second-order valence-electron chi connectivity index (χ2n) is 3.40. The van der Waals surface area contributed by atoms with E-state index in [1.807, 2.05) is 0 Å². The molecule has 1 aromatic rings. The molecule has 4 nitrogen and oxygen atoms in total. The Kier molecular flexibility index (Phi) is 4.31. The van der Waals surface area contributed by atoms with Crippen molar-refractivity contribution in [2.75, 3.05) is 0 Å². The maximum atomic E-state index is 11.4. The minimum Gasteiger partial charge on any atom is -0.480 e. The minimum absolute atomic E-state index is 0.0806. The van der Waals surface area contributed by atoms with Crippen LogP contribution in [0, 0.1) is 0 Å². The van der Waals surface area contributed by atoms with Gasteiger partial charge in [-0.2, -0.15) is 0 Å². The molecular weight excluding hydrogens is 230 g/mol. The Morgan fingerprint density at radius 3 is 2.62 bits per heavy atom. The van der Waals surface area contributed by atoms with Crippen molar-refractivity contribution in [1.29, 1.82) is 0 Å². The molecule has 0 saturated heterocycles. The largest absolute Gasteiger partial charge is 0.480 e. The number of amides is 1. The van der Waals surface area contributed by atoms with Crippen molar-refractivity contribution in [1.82, 2.24) is 5.32 Å². The molecule has 0 bridgehead atoms. The third-order valence-electron chi connectivity index (χ3n) is 2.06. The Hall–Kier alpha value is -1.55. The molecule has 1 aromatic carbocycles. The summed E-state index contributed by atoms with van der Waals surface area (Å²) in [7, 11) is 0. The predicted octanol–water partition coefficient (Wildman–Crippen LogP) is 1.47. The van der Waals surface area contributed by atoms with Crippen molar-refractivity contribution in [3.63, 3.8) is 0 Å². The summed E-state index contributed by atoms with van der Waals surface area (Å²) >= 11 is 5.87. The molecule has 0 aliphatic carbocycles. The van der Waals surface area contributed by atoms with Crippen LogP contribution in [-0.4, -0.2) is 23.0 Å². The highest BCUT2D eigenvalue weighted by molar-refractivity contribution is 6.31. The monoisotopic (exact) mass is 241 g/mol. The van der Waals surface area contributed by atoms with Gasteiger partial charge in [0.2, 0.25) is 5.91 Å². The molecule has 0 radical (unpaired) electrons. The van der Waals surface area contributed by atoms with Gasteiger partial charge in [-0.25, -0.2) is 0 Å². The Morgan fingerprint density at radius 2 is 2.06 bits per heavy atom. The van der Waals surface area contributed by atoms with Crippen LogP contribution in [0.1, 0.15) is 12.5 Å². The van der Waals surface area contributed by atoms with Crippen molar-refractivity contribution in [3.8, 4) is 0 Å². The van der Waals surface area contributed by atoms with E-state index >= 15 is 0 Å². The van der Waals surface area contributed by atoms with Gasteiger partial charge in [0.05, 0.1) is 6.42 Å². The van der Waals surface area contributed by atoms with E-state index in [-0.39, 0.29) is 12.3 Å². The second kappa shape index (κ2) is 5.51. The minimum atomic E-state index is -1.06. The molecule has 1 rings (SSSR count). The van der Waals surface area contributed by atoms with Crippen LogP contribution < -0.4 is 5.32 Å². The number of benzene rings is 1. The van der Waals surface area contributed by atoms with Crippen LogP contribution in [0.4, 0.5) is 0 Å². The summed E-state index contributed by atoms with van der Waals surface area (Å²) in [4.78, 5) is 22.0. The fourth-order valence-corrected chi connectivity index (χ4v) is 1.37. The SMILES string of the molecule is C[C@H](NC(=O)Cc1ccccc1Cl)C(=O)O. The number of hydrogen-bond donors (Lipinski definition) is 2. The van der Waals surface area contributed by atoms with Crippen molar-refractivity contribution in [2.24, 2.45) is 0 Å². The van der Waals surface area contributed by atoms with Gasteiger partial charge in [-0.05, 0) is 18.6 Å². The van der Waals surface area contributed by atoms with E-state index in [9.17, 15) is 9.59 Å². The number of hydrogen-bond acceptors (Lipinski definition) is 2. The van der Waals surface area contributed by atoms with E-state index in [1.165, 1.54) is 6.92 Å². The Bertz CT molecular complexity index is 406. The molecule has 5 heteroatoms. The van der Waals surface area contributed by atoms with Crippen LogP contribution in [0.3, 0.4) is 0 Å². The van der Waals surface area contributed by atoms with Gasteiger partial charge in [0.15, 0.2) is 0 Å². The molecule has 0 aliphatic heterocycles. The number of carbonyl (C=O) groups is 2. The van der Waals surface area contributed by atoms with Crippen molar-refractivity contribution in [3.05, 3.63) is 34.9 Å². The molecule has 1 atom stereocenters. The smallest absolute Gasteiger partial charge is 0.325 e. The maximum Gasteiger partial charge on any atom is 0.325 e. The lowest BCUT2D eigenvalue weighted by Gasteiger charge is -2.09. The molecule has 0 spiro atoms. The van der Waals surface area contributed by atoms with Crippen LogP contribution in [0.2, 0.25) is 5.02 Å². The molecule has 86 valence electrons.